The summed E-state index contributed by atoms with van der Waals surface area (Å²) in [7, 11) is 0. The van der Waals surface area contributed by atoms with Crippen molar-refractivity contribution in [1.29, 1.82) is 0 Å². The maximum Gasteiger partial charge on any atom is 0.254 e. The molecule has 2 nitrogen and oxygen atoms in total. The number of amides is 1. The number of benzene rings is 1. The Kier molecular flexibility index (Phi) is 3.85. The Labute approximate surface area is 110 Å². The highest BCUT2D eigenvalue weighted by atomic mass is 35.5. The molecule has 1 aliphatic rings. The van der Waals surface area contributed by atoms with E-state index in [0.717, 1.165) is 18.6 Å². The standard InChI is InChI=1S/C13H14ClF2NO/c1-8-4-5-17(12(8)7-14)13(18)9-2-3-10(15)11(16)6-9/h2-3,6,8,12H,4-5,7H2,1H3. The number of hydrogen-bond donors (Lipinski definition) is 0. The minimum atomic E-state index is -1.00. The van der Waals surface area contributed by atoms with Crippen molar-refractivity contribution in [2.45, 2.75) is 19.4 Å². The average molecular weight is 274 g/mol. The molecule has 1 heterocycles. The van der Waals surface area contributed by atoms with Crippen LogP contribution in [0.2, 0.25) is 0 Å². The third kappa shape index (κ3) is 2.34. The van der Waals surface area contributed by atoms with Gasteiger partial charge in [-0.1, -0.05) is 6.92 Å². The fraction of sp³-hybridized carbons (Fsp3) is 0.462. The van der Waals surface area contributed by atoms with Crippen molar-refractivity contribution in [3.63, 3.8) is 0 Å². The van der Waals surface area contributed by atoms with E-state index in [-0.39, 0.29) is 17.5 Å². The second-order valence-corrected chi connectivity index (χ2v) is 4.92. The Hall–Kier alpha value is -1.16. The summed E-state index contributed by atoms with van der Waals surface area (Å²) in [6.45, 7) is 2.64. The number of nitrogens with zero attached hydrogens (tertiary/aromatic N) is 1. The lowest BCUT2D eigenvalue weighted by atomic mass is 10.0. The predicted octanol–water partition coefficient (Wildman–Crippen LogP) is 3.05. The molecule has 1 fully saturated rings. The van der Waals surface area contributed by atoms with Crippen LogP contribution in [0.5, 0.6) is 0 Å². The van der Waals surface area contributed by atoms with Crippen LogP contribution < -0.4 is 0 Å². The molecule has 0 spiro atoms. The predicted molar refractivity (Wildman–Crippen MR) is 65.7 cm³/mol. The largest absolute Gasteiger partial charge is 0.334 e. The Balaban J connectivity index is 2.23. The Morgan fingerprint density at radius 2 is 2.17 bits per heavy atom. The molecule has 0 radical (unpaired) electrons. The lowest BCUT2D eigenvalue weighted by molar-refractivity contribution is 0.0736. The topological polar surface area (TPSA) is 20.3 Å². The van der Waals surface area contributed by atoms with E-state index in [0.29, 0.717) is 18.3 Å². The lowest BCUT2D eigenvalue weighted by Gasteiger charge is -2.25. The molecule has 5 heteroatoms. The van der Waals surface area contributed by atoms with Crippen LogP contribution in [0, 0.1) is 17.6 Å². The SMILES string of the molecule is CC1CCN(C(=O)c2ccc(F)c(F)c2)C1CCl. The number of rotatable bonds is 2. The van der Waals surface area contributed by atoms with Crippen molar-refractivity contribution in [2.24, 2.45) is 5.92 Å². The number of hydrogen-bond acceptors (Lipinski definition) is 1. The molecule has 1 aromatic carbocycles. The van der Waals surface area contributed by atoms with Crippen LogP contribution in [0.15, 0.2) is 18.2 Å². The van der Waals surface area contributed by atoms with Gasteiger partial charge in [-0.2, -0.15) is 0 Å². The average Bonchev–Trinajstić information content (AvgIpc) is 2.73. The smallest absolute Gasteiger partial charge is 0.254 e. The van der Waals surface area contributed by atoms with Crippen molar-refractivity contribution in [3.8, 4) is 0 Å². The summed E-state index contributed by atoms with van der Waals surface area (Å²) >= 11 is 5.86. The van der Waals surface area contributed by atoms with Gasteiger partial charge < -0.3 is 4.90 Å². The molecule has 98 valence electrons. The molecule has 1 aromatic rings. The van der Waals surface area contributed by atoms with E-state index in [1.807, 2.05) is 6.92 Å². The molecule has 2 unspecified atom stereocenters. The van der Waals surface area contributed by atoms with E-state index >= 15 is 0 Å². The second kappa shape index (κ2) is 5.22. The van der Waals surface area contributed by atoms with Crippen LogP contribution in [0.1, 0.15) is 23.7 Å². The summed E-state index contributed by atoms with van der Waals surface area (Å²) in [6.07, 6.45) is 0.882. The first-order valence-electron chi connectivity index (χ1n) is 5.86. The monoisotopic (exact) mass is 273 g/mol. The molecule has 0 N–H and O–H groups in total. The van der Waals surface area contributed by atoms with Gasteiger partial charge in [-0.25, -0.2) is 8.78 Å². The first-order chi connectivity index (χ1) is 8.54. The van der Waals surface area contributed by atoms with Gasteiger partial charge in [-0.05, 0) is 30.5 Å². The first-order valence-corrected chi connectivity index (χ1v) is 6.40. The zero-order valence-corrected chi connectivity index (χ0v) is 10.8. The molecule has 2 atom stereocenters. The molecule has 1 aliphatic heterocycles. The zero-order chi connectivity index (χ0) is 13.3. The van der Waals surface area contributed by atoms with E-state index in [1.165, 1.54) is 6.07 Å². The zero-order valence-electron chi connectivity index (χ0n) is 10.00. The van der Waals surface area contributed by atoms with E-state index in [4.69, 9.17) is 11.6 Å². The fourth-order valence-electron chi connectivity index (χ4n) is 2.29. The first kappa shape index (κ1) is 13.3. The molecule has 0 aromatic heterocycles. The Bertz CT molecular complexity index is 466. The third-order valence-corrected chi connectivity index (χ3v) is 3.78. The quantitative estimate of drug-likeness (QED) is 0.759. The third-order valence-electron chi connectivity index (χ3n) is 3.47. The van der Waals surface area contributed by atoms with Gasteiger partial charge in [0.15, 0.2) is 11.6 Å². The number of carbonyl (C=O) groups is 1. The van der Waals surface area contributed by atoms with E-state index < -0.39 is 11.6 Å². The second-order valence-electron chi connectivity index (χ2n) is 4.62. The number of alkyl halides is 1. The molecule has 1 amide bonds. The van der Waals surface area contributed by atoms with Gasteiger partial charge in [0.2, 0.25) is 0 Å². The minimum Gasteiger partial charge on any atom is -0.334 e. The highest BCUT2D eigenvalue weighted by Crippen LogP contribution is 2.26. The van der Waals surface area contributed by atoms with Crippen LogP contribution in [0.4, 0.5) is 8.78 Å². The summed E-state index contributed by atoms with van der Waals surface area (Å²) < 4.78 is 25.9. The normalized spacial score (nSPS) is 23.4. The lowest BCUT2D eigenvalue weighted by Crippen LogP contribution is -2.38. The van der Waals surface area contributed by atoms with Crippen LogP contribution in [0.25, 0.3) is 0 Å². The van der Waals surface area contributed by atoms with Gasteiger partial charge in [0, 0.05) is 24.0 Å². The molecule has 18 heavy (non-hydrogen) atoms. The molecular weight excluding hydrogens is 260 g/mol. The highest BCUT2D eigenvalue weighted by Gasteiger charge is 2.34. The van der Waals surface area contributed by atoms with E-state index in [2.05, 4.69) is 0 Å². The van der Waals surface area contributed by atoms with Crippen molar-refractivity contribution < 1.29 is 13.6 Å². The molecule has 0 saturated carbocycles. The highest BCUT2D eigenvalue weighted by molar-refractivity contribution is 6.18. The maximum absolute atomic E-state index is 13.1. The molecule has 2 rings (SSSR count). The summed E-state index contributed by atoms with van der Waals surface area (Å²) in [4.78, 5) is 13.8. The van der Waals surface area contributed by atoms with Gasteiger partial charge in [0.1, 0.15) is 0 Å². The molecular formula is C13H14ClF2NO. The van der Waals surface area contributed by atoms with Gasteiger partial charge >= 0.3 is 0 Å². The van der Waals surface area contributed by atoms with Crippen molar-refractivity contribution in [2.75, 3.05) is 12.4 Å². The number of carbonyl (C=O) groups excluding carboxylic acids is 1. The Morgan fingerprint density at radius 3 is 2.78 bits per heavy atom. The van der Waals surface area contributed by atoms with Gasteiger partial charge in [-0.15, -0.1) is 11.6 Å². The van der Waals surface area contributed by atoms with E-state index in [1.54, 1.807) is 4.90 Å². The number of halogens is 3. The molecule has 0 bridgehead atoms. The summed E-state index contributed by atoms with van der Waals surface area (Å²) in [5, 5.41) is 0. The van der Waals surface area contributed by atoms with Gasteiger partial charge in [-0.3, -0.25) is 4.79 Å². The minimum absolute atomic E-state index is 0.0349. The summed E-state index contributed by atoms with van der Waals surface area (Å²) in [5.74, 6) is -1.55. The fourth-order valence-corrected chi connectivity index (χ4v) is 2.76. The van der Waals surface area contributed by atoms with Crippen molar-refractivity contribution >= 4 is 17.5 Å². The van der Waals surface area contributed by atoms with E-state index in [9.17, 15) is 13.6 Å². The van der Waals surface area contributed by atoms with Crippen molar-refractivity contribution in [3.05, 3.63) is 35.4 Å². The maximum atomic E-state index is 13.1. The van der Waals surface area contributed by atoms with Crippen LogP contribution in [-0.2, 0) is 0 Å². The van der Waals surface area contributed by atoms with Crippen LogP contribution in [-0.4, -0.2) is 29.3 Å². The van der Waals surface area contributed by atoms with Crippen molar-refractivity contribution in [1.82, 2.24) is 4.90 Å². The van der Waals surface area contributed by atoms with Crippen LogP contribution >= 0.6 is 11.6 Å². The summed E-state index contributed by atoms with van der Waals surface area (Å²) in [5.41, 5.74) is 0.165. The van der Waals surface area contributed by atoms with Gasteiger partial charge in [0.25, 0.3) is 5.91 Å². The van der Waals surface area contributed by atoms with Gasteiger partial charge in [0.05, 0.1) is 0 Å². The molecule has 0 aliphatic carbocycles. The Morgan fingerprint density at radius 1 is 1.44 bits per heavy atom. The number of likely N-dealkylation sites (tertiary alicyclic amines) is 1. The molecule has 1 saturated heterocycles. The summed E-state index contributed by atoms with van der Waals surface area (Å²) in [6, 6.07) is 3.17. The van der Waals surface area contributed by atoms with Crippen LogP contribution in [0.3, 0.4) is 0 Å².